The molecule has 0 saturated carbocycles. The predicted octanol–water partition coefficient (Wildman–Crippen LogP) is 0.851. The largest absolute Gasteiger partial charge is 0.432 e. The number of piperazine rings is 1. The van der Waals surface area contributed by atoms with Gasteiger partial charge in [0.2, 0.25) is 5.91 Å². The average molecular weight is 313 g/mol. The SMILES string of the molecule is CC(=NCC(=O)N1CCNCC1)C(Cl)=C(N)C(F)(F)F. The van der Waals surface area contributed by atoms with Crippen LogP contribution >= 0.6 is 11.6 Å². The van der Waals surface area contributed by atoms with Gasteiger partial charge in [-0.3, -0.25) is 9.79 Å². The van der Waals surface area contributed by atoms with Gasteiger partial charge >= 0.3 is 6.18 Å². The first-order valence-corrected chi connectivity index (χ1v) is 6.33. The summed E-state index contributed by atoms with van der Waals surface area (Å²) in [5.41, 5.74) is 3.37. The molecule has 20 heavy (non-hydrogen) atoms. The number of allylic oxidation sites excluding steroid dienone is 2. The molecule has 1 saturated heterocycles. The zero-order chi connectivity index (χ0) is 15.3. The molecule has 0 radical (unpaired) electrons. The highest BCUT2D eigenvalue weighted by atomic mass is 35.5. The molecule has 0 spiro atoms. The van der Waals surface area contributed by atoms with Crippen molar-refractivity contribution in [1.82, 2.24) is 10.2 Å². The van der Waals surface area contributed by atoms with Gasteiger partial charge in [0.15, 0.2) is 0 Å². The van der Waals surface area contributed by atoms with Crippen LogP contribution in [0.5, 0.6) is 0 Å². The minimum absolute atomic E-state index is 0.107. The quantitative estimate of drug-likeness (QED) is 0.759. The Hall–Kier alpha value is -1.28. The molecule has 0 aromatic heterocycles. The van der Waals surface area contributed by atoms with Crippen molar-refractivity contribution in [3.05, 3.63) is 10.7 Å². The summed E-state index contributed by atoms with van der Waals surface area (Å²) in [6.45, 7) is 3.54. The average Bonchev–Trinajstić information content (AvgIpc) is 2.42. The highest BCUT2D eigenvalue weighted by molar-refractivity contribution is 6.43. The number of hydrogen-bond acceptors (Lipinski definition) is 4. The molecule has 0 aromatic carbocycles. The molecule has 0 bridgehead atoms. The first kappa shape index (κ1) is 16.8. The van der Waals surface area contributed by atoms with Crippen LogP contribution < -0.4 is 11.1 Å². The number of carbonyl (C=O) groups is 1. The second-order valence-corrected chi connectivity index (χ2v) is 4.64. The van der Waals surface area contributed by atoms with E-state index in [2.05, 4.69) is 10.3 Å². The van der Waals surface area contributed by atoms with Crippen molar-refractivity contribution >= 4 is 23.2 Å². The number of halogens is 4. The second-order valence-electron chi connectivity index (χ2n) is 4.26. The Bertz CT molecular complexity index is 428. The highest BCUT2D eigenvalue weighted by Gasteiger charge is 2.34. The zero-order valence-electron chi connectivity index (χ0n) is 10.9. The predicted molar refractivity (Wildman–Crippen MR) is 70.5 cm³/mol. The maximum absolute atomic E-state index is 12.3. The Balaban J connectivity index is 2.67. The van der Waals surface area contributed by atoms with Gasteiger partial charge in [-0.1, -0.05) is 11.6 Å². The van der Waals surface area contributed by atoms with Gasteiger partial charge in [-0.05, 0) is 6.92 Å². The molecule has 1 rings (SSSR count). The Kier molecular flexibility index (Phi) is 5.82. The molecule has 0 unspecified atom stereocenters. The molecule has 5 nitrogen and oxygen atoms in total. The van der Waals surface area contributed by atoms with Crippen molar-refractivity contribution in [2.24, 2.45) is 10.7 Å². The Morgan fingerprint density at radius 1 is 1.40 bits per heavy atom. The van der Waals surface area contributed by atoms with Crippen LogP contribution in [-0.4, -0.2) is 55.4 Å². The summed E-state index contributed by atoms with van der Waals surface area (Å²) in [6.07, 6.45) is -4.71. The first-order valence-electron chi connectivity index (χ1n) is 5.96. The molecule has 0 atom stereocenters. The fourth-order valence-electron chi connectivity index (χ4n) is 1.59. The van der Waals surface area contributed by atoms with Crippen molar-refractivity contribution in [3.8, 4) is 0 Å². The van der Waals surface area contributed by atoms with E-state index in [-0.39, 0.29) is 18.2 Å². The normalized spacial score (nSPS) is 18.9. The van der Waals surface area contributed by atoms with Crippen molar-refractivity contribution in [1.29, 1.82) is 0 Å². The molecule has 0 aromatic rings. The monoisotopic (exact) mass is 312 g/mol. The van der Waals surface area contributed by atoms with Gasteiger partial charge in [-0.2, -0.15) is 13.2 Å². The molecule has 9 heteroatoms. The van der Waals surface area contributed by atoms with Gasteiger partial charge in [0.25, 0.3) is 0 Å². The van der Waals surface area contributed by atoms with Gasteiger partial charge in [0, 0.05) is 26.2 Å². The van der Waals surface area contributed by atoms with E-state index in [1.165, 1.54) is 6.92 Å². The smallest absolute Gasteiger partial charge is 0.393 e. The molecular formula is C11H16ClF3N4O. The van der Waals surface area contributed by atoms with Crippen LogP contribution in [0.2, 0.25) is 0 Å². The van der Waals surface area contributed by atoms with Crippen LogP contribution in [0.3, 0.4) is 0 Å². The fourth-order valence-corrected chi connectivity index (χ4v) is 1.76. The van der Waals surface area contributed by atoms with E-state index in [1.54, 1.807) is 4.90 Å². The summed E-state index contributed by atoms with van der Waals surface area (Å²) < 4.78 is 37.0. The summed E-state index contributed by atoms with van der Waals surface area (Å²) in [5.74, 6) is -0.249. The van der Waals surface area contributed by atoms with Gasteiger partial charge in [-0.15, -0.1) is 0 Å². The van der Waals surface area contributed by atoms with Crippen molar-refractivity contribution < 1.29 is 18.0 Å². The number of amides is 1. The van der Waals surface area contributed by atoms with Gasteiger partial charge < -0.3 is 16.0 Å². The van der Waals surface area contributed by atoms with Crippen LogP contribution in [0.1, 0.15) is 6.92 Å². The molecule has 0 aliphatic carbocycles. The topological polar surface area (TPSA) is 70.7 Å². The standard InChI is InChI=1S/C11H16ClF3N4O/c1-7(9(12)10(16)11(13,14)15)18-6-8(20)19-4-2-17-3-5-19/h17H,2-6,16H2,1H3. The lowest BCUT2D eigenvalue weighted by Gasteiger charge is -2.26. The summed E-state index contributed by atoms with van der Waals surface area (Å²) in [4.78, 5) is 17.1. The lowest BCUT2D eigenvalue weighted by atomic mass is 10.3. The molecule has 114 valence electrons. The lowest BCUT2D eigenvalue weighted by Crippen LogP contribution is -2.47. The summed E-state index contributed by atoms with van der Waals surface area (Å²) in [7, 11) is 0. The van der Waals surface area contributed by atoms with Crippen LogP contribution in [0.4, 0.5) is 13.2 Å². The minimum atomic E-state index is -4.71. The van der Waals surface area contributed by atoms with Crippen LogP contribution in [0, 0.1) is 0 Å². The fraction of sp³-hybridized carbons (Fsp3) is 0.636. The Labute approximate surface area is 119 Å². The molecule has 1 aliphatic rings. The number of nitrogens with two attached hydrogens (primary N) is 1. The van der Waals surface area contributed by atoms with Crippen molar-refractivity contribution in [2.45, 2.75) is 13.1 Å². The van der Waals surface area contributed by atoms with E-state index in [9.17, 15) is 18.0 Å². The molecule has 1 aliphatic heterocycles. The van der Waals surface area contributed by atoms with Gasteiger partial charge in [0.05, 0.1) is 10.7 Å². The van der Waals surface area contributed by atoms with Crippen LogP contribution in [0.15, 0.2) is 15.7 Å². The van der Waals surface area contributed by atoms with Crippen LogP contribution in [0.25, 0.3) is 0 Å². The second kappa shape index (κ2) is 6.94. The van der Waals surface area contributed by atoms with E-state index in [0.29, 0.717) is 26.2 Å². The number of alkyl halides is 3. The van der Waals surface area contributed by atoms with E-state index in [0.717, 1.165) is 0 Å². The summed E-state index contributed by atoms with van der Waals surface area (Å²) in [6, 6.07) is 0. The third kappa shape index (κ3) is 4.68. The van der Waals surface area contributed by atoms with E-state index < -0.39 is 16.9 Å². The van der Waals surface area contributed by atoms with Crippen molar-refractivity contribution in [2.75, 3.05) is 32.7 Å². The number of hydrogen-bond donors (Lipinski definition) is 2. The number of nitrogens with zero attached hydrogens (tertiary/aromatic N) is 2. The van der Waals surface area contributed by atoms with E-state index >= 15 is 0 Å². The maximum atomic E-state index is 12.3. The Morgan fingerprint density at radius 3 is 2.45 bits per heavy atom. The number of rotatable bonds is 3. The molecule has 1 fully saturated rings. The number of aliphatic imine (C=N–C) groups is 1. The van der Waals surface area contributed by atoms with E-state index in [4.69, 9.17) is 17.3 Å². The molecular weight excluding hydrogens is 297 g/mol. The maximum Gasteiger partial charge on any atom is 0.432 e. The minimum Gasteiger partial charge on any atom is -0.393 e. The van der Waals surface area contributed by atoms with Crippen LogP contribution in [-0.2, 0) is 4.79 Å². The van der Waals surface area contributed by atoms with Gasteiger partial charge in [-0.25, -0.2) is 0 Å². The number of nitrogens with one attached hydrogen (secondary N) is 1. The number of carbonyl (C=O) groups excluding carboxylic acids is 1. The third-order valence-corrected chi connectivity index (χ3v) is 3.26. The molecule has 1 amide bonds. The molecule has 1 heterocycles. The third-order valence-electron chi connectivity index (χ3n) is 2.78. The zero-order valence-corrected chi connectivity index (χ0v) is 11.7. The van der Waals surface area contributed by atoms with Gasteiger partial charge in [0.1, 0.15) is 12.2 Å². The van der Waals surface area contributed by atoms with Crippen molar-refractivity contribution in [3.63, 3.8) is 0 Å². The summed E-state index contributed by atoms with van der Waals surface area (Å²) >= 11 is 5.50. The Morgan fingerprint density at radius 2 is 1.95 bits per heavy atom. The summed E-state index contributed by atoms with van der Waals surface area (Å²) in [5, 5.41) is 2.41. The molecule has 3 N–H and O–H groups in total. The first-order chi connectivity index (χ1) is 9.23. The highest BCUT2D eigenvalue weighted by Crippen LogP contribution is 2.26. The lowest BCUT2D eigenvalue weighted by molar-refractivity contribution is -0.130. The van der Waals surface area contributed by atoms with E-state index in [1.807, 2.05) is 0 Å².